The molecule has 0 fully saturated rings. The molecule has 0 aliphatic rings. The first-order valence-corrected chi connectivity index (χ1v) is 4.43. The monoisotopic (exact) mass is 228 g/mol. The summed E-state index contributed by atoms with van der Waals surface area (Å²) in [5, 5.41) is 5.98. The first kappa shape index (κ1) is 10.5. The van der Waals surface area contributed by atoms with Crippen LogP contribution in [0.5, 0.6) is 0 Å². The molecule has 0 spiro atoms. The Kier molecular flexibility index (Phi) is 2.80. The van der Waals surface area contributed by atoms with Gasteiger partial charge in [-0.15, -0.1) is 0 Å². The normalized spacial score (nSPS) is 10.4. The van der Waals surface area contributed by atoms with Gasteiger partial charge < -0.3 is 9.84 Å². The van der Waals surface area contributed by atoms with Crippen molar-refractivity contribution in [3.05, 3.63) is 47.6 Å². The minimum atomic E-state index is -1.23. The Labute approximate surface area is 88.9 Å². The van der Waals surface area contributed by atoms with E-state index in [4.69, 9.17) is 0 Å². The van der Waals surface area contributed by atoms with Crippen LogP contribution in [-0.4, -0.2) is 5.16 Å². The molecule has 0 saturated heterocycles. The number of hydrogen-bond acceptors (Lipinski definition) is 3. The fraction of sp³-hybridized carbons (Fsp3) is 0.100. The lowest BCUT2D eigenvalue weighted by Gasteiger charge is -2.06. The van der Waals surface area contributed by atoms with Crippen LogP contribution in [0.1, 0.15) is 5.56 Å². The van der Waals surface area contributed by atoms with Gasteiger partial charge in [-0.3, -0.25) is 0 Å². The van der Waals surface area contributed by atoms with E-state index in [9.17, 15) is 13.2 Å². The summed E-state index contributed by atoms with van der Waals surface area (Å²) < 4.78 is 43.3. The van der Waals surface area contributed by atoms with Crippen LogP contribution in [0.25, 0.3) is 0 Å². The standard InChI is InChI=1S/C10H7F3N2O/c11-7-1-8(12)10(13)9(2-7)14-3-6-4-15-16-5-6/h1-2,4-5,14H,3H2. The van der Waals surface area contributed by atoms with E-state index in [0.717, 1.165) is 6.07 Å². The van der Waals surface area contributed by atoms with E-state index in [0.29, 0.717) is 11.6 Å². The number of halogens is 3. The minimum Gasteiger partial charge on any atom is -0.378 e. The lowest BCUT2D eigenvalue weighted by atomic mass is 10.2. The van der Waals surface area contributed by atoms with Crippen molar-refractivity contribution in [2.45, 2.75) is 6.54 Å². The van der Waals surface area contributed by atoms with Crippen LogP contribution in [-0.2, 0) is 6.54 Å². The second-order valence-corrected chi connectivity index (χ2v) is 3.14. The first-order valence-electron chi connectivity index (χ1n) is 4.43. The number of benzene rings is 1. The van der Waals surface area contributed by atoms with E-state index in [1.807, 2.05) is 0 Å². The van der Waals surface area contributed by atoms with Crippen LogP contribution < -0.4 is 5.32 Å². The molecule has 0 radical (unpaired) electrons. The predicted octanol–water partition coefficient (Wildman–Crippen LogP) is 2.70. The number of hydrogen-bond donors (Lipinski definition) is 1. The predicted molar refractivity (Wildman–Crippen MR) is 50.1 cm³/mol. The third-order valence-electron chi connectivity index (χ3n) is 1.96. The summed E-state index contributed by atoms with van der Waals surface area (Å²) in [5.74, 6) is -3.18. The molecule has 1 aromatic carbocycles. The molecule has 0 atom stereocenters. The molecule has 1 heterocycles. The average molecular weight is 228 g/mol. The topological polar surface area (TPSA) is 38.1 Å². The molecule has 2 rings (SSSR count). The van der Waals surface area contributed by atoms with Gasteiger partial charge in [0.1, 0.15) is 12.1 Å². The highest BCUT2D eigenvalue weighted by atomic mass is 19.2. The van der Waals surface area contributed by atoms with Crippen LogP contribution in [0, 0.1) is 17.5 Å². The fourth-order valence-corrected chi connectivity index (χ4v) is 1.20. The molecule has 0 aliphatic carbocycles. The van der Waals surface area contributed by atoms with Crippen LogP contribution in [0.4, 0.5) is 18.9 Å². The Balaban J connectivity index is 2.15. The van der Waals surface area contributed by atoms with E-state index in [1.54, 1.807) is 0 Å². The summed E-state index contributed by atoms with van der Waals surface area (Å²) >= 11 is 0. The maximum Gasteiger partial charge on any atom is 0.182 e. The maximum atomic E-state index is 13.2. The van der Waals surface area contributed by atoms with Crippen molar-refractivity contribution in [3.8, 4) is 0 Å². The van der Waals surface area contributed by atoms with E-state index in [2.05, 4.69) is 15.0 Å². The molecule has 0 bridgehead atoms. The van der Waals surface area contributed by atoms with Crippen molar-refractivity contribution in [2.75, 3.05) is 5.32 Å². The number of aromatic nitrogens is 1. The lowest BCUT2D eigenvalue weighted by Crippen LogP contribution is -2.02. The summed E-state index contributed by atoms with van der Waals surface area (Å²) in [6, 6.07) is 1.37. The summed E-state index contributed by atoms with van der Waals surface area (Å²) in [6.45, 7) is 0.170. The molecule has 2 aromatic rings. The van der Waals surface area contributed by atoms with Crippen molar-refractivity contribution in [3.63, 3.8) is 0 Å². The van der Waals surface area contributed by atoms with Gasteiger partial charge >= 0.3 is 0 Å². The largest absolute Gasteiger partial charge is 0.378 e. The van der Waals surface area contributed by atoms with Crippen molar-refractivity contribution in [2.24, 2.45) is 0 Å². The number of rotatable bonds is 3. The van der Waals surface area contributed by atoms with Crippen LogP contribution in [0.3, 0.4) is 0 Å². The molecule has 3 nitrogen and oxygen atoms in total. The van der Waals surface area contributed by atoms with Gasteiger partial charge in [-0.1, -0.05) is 5.16 Å². The second-order valence-electron chi connectivity index (χ2n) is 3.14. The molecule has 1 aromatic heterocycles. The van der Waals surface area contributed by atoms with Crippen LogP contribution in [0.15, 0.2) is 29.1 Å². The Morgan fingerprint density at radius 3 is 2.75 bits per heavy atom. The lowest BCUT2D eigenvalue weighted by molar-refractivity contribution is 0.419. The molecule has 0 aliphatic heterocycles. The molecule has 84 valence electrons. The van der Waals surface area contributed by atoms with E-state index in [1.165, 1.54) is 12.5 Å². The summed E-state index contributed by atoms with van der Waals surface area (Å²) in [5.41, 5.74) is 0.405. The molecule has 0 unspecified atom stereocenters. The Bertz CT molecular complexity index is 485. The fourth-order valence-electron chi connectivity index (χ4n) is 1.20. The third-order valence-corrected chi connectivity index (χ3v) is 1.96. The Morgan fingerprint density at radius 2 is 2.06 bits per heavy atom. The Morgan fingerprint density at radius 1 is 1.25 bits per heavy atom. The van der Waals surface area contributed by atoms with E-state index >= 15 is 0 Å². The van der Waals surface area contributed by atoms with E-state index < -0.39 is 17.5 Å². The van der Waals surface area contributed by atoms with Crippen molar-refractivity contribution in [1.29, 1.82) is 0 Å². The summed E-state index contributed by atoms with van der Waals surface area (Å²) in [4.78, 5) is 0. The quantitative estimate of drug-likeness (QED) is 0.821. The molecular formula is C10H7F3N2O. The molecule has 6 heteroatoms. The van der Waals surface area contributed by atoms with Gasteiger partial charge in [-0.2, -0.15) is 0 Å². The highest BCUT2D eigenvalue weighted by molar-refractivity contribution is 5.45. The van der Waals surface area contributed by atoms with Crippen LogP contribution in [0.2, 0.25) is 0 Å². The maximum absolute atomic E-state index is 13.2. The number of nitrogens with one attached hydrogen (secondary N) is 1. The SMILES string of the molecule is Fc1cc(F)c(F)c(NCc2cnoc2)c1. The van der Waals surface area contributed by atoms with Gasteiger partial charge in [0.25, 0.3) is 0 Å². The summed E-state index contributed by atoms with van der Waals surface area (Å²) in [7, 11) is 0. The van der Waals surface area contributed by atoms with Gasteiger partial charge in [-0.05, 0) is 0 Å². The van der Waals surface area contributed by atoms with Gasteiger partial charge in [0.05, 0.1) is 11.9 Å². The molecular weight excluding hydrogens is 221 g/mol. The second kappa shape index (κ2) is 4.26. The van der Waals surface area contributed by atoms with Crippen LogP contribution >= 0.6 is 0 Å². The molecule has 16 heavy (non-hydrogen) atoms. The van der Waals surface area contributed by atoms with Gasteiger partial charge in [0, 0.05) is 24.2 Å². The number of nitrogens with zero attached hydrogens (tertiary/aromatic N) is 1. The minimum absolute atomic E-state index is 0.170. The highest BCUT2D eigenvalue weighted by Crippen LogP contribution is 2.19. The summed E-state index contributed by atoms with van der Waals surface area (Å²) in [6.07, 6.45) is 2.76. The van der Waals surface area contributed by atoms with Gasteiger partial charge in [0.15, 0.2) is 11.6 Å². The third kappa shape index (κ3) is 2.16. The van der Waals surface area contributed by atoms with Crippen molar-refractivity contribution < 1.29 is 17.7 Å². The van der Waals surface area contributed by atoms with Gasteiger partial charge in [0.2, 0.25) is 0 Å². The number of anilines is 1. The average Bonchev–Trinajstić information content (AvgIpc) is 2.74. The van der Waals surface area contributed by atoms with Crippen molar-refractivity contribution in [1.82, 2.24) is 5.16 Å². The van der Waals surface area contributed by atoms with Gasteiger partial charge in [-0.25, -0.2) is 13.2 Å². The molecule has 1 N–H and O–H groups in total. The smallest absolute Gasteiger partial charge is 0.182 e. The zero-order valence-corrected chi connectivity index (χ0v) is 8.01. The van der Waals surface area contributed by atoms with E-state index in [-0.39, 0.29) is 12.2 Å². The van der Waals surface area contributed by atoms with Crippen molar-refractivity contribution >= 4 is 5.69 Å². The Hall–Kier alpha value is -1.98. The first-order chi connectivity index (χ1) is 7.66. The molecule has 0 saturated carbocycles. The molecule has 0 amide bonds. The zero-order valence-electron chi connectivity index (χ0n) is 8.01. The highest BCUT2D eigenvalue weighted by Gasteiger charge is 2.10. The zero-order chi connectivity index (χ0) is 11.5.